The van der Waals surface area contributed by atoms with Gasteiger partial charge in [0.15, 0.2) is 0 Å². The first-order chi connectivity index (χ1) is 30.5. The second-order valence-corrected chi connectivity index (χ2v) is 17.0. The van der Waals surface area contributed by atoms with Gasteiger partial charge >= 0.3 is 0 Å². The van der Waals surface area contributed by atoms with Crippen molar-refractivity contribution in [1.29, 1.82) is 0 Å². The Morgan fingerprint density at radius 2 is 0.726 bits per heavy atom. The molecular formula is C61H45N. The van der Waals surface area contributed by atoms with Crippen molar-refractivity contribution in [3.63, 3.8) is 0 Å². The summed E-state index contributed by atoms with van der Waals surface area (Å²) in [4.78, 5) is 2.40. The lowest BCUT2D eigenvalue weighted by Crippen LogP contribution is -2.14. The Kier molecular flexibility index (Phi) is 9.24. The monoisotopic (exact) mass is 791 g/mol. The summed E-state index contributed by atoms with van der Waals surface area (Å²) in [6.07, 6.45) is 0. The number of fused-ring (bicyclic) bond motifs is 4. The standard InChI is InChI=1S/C61H45N/c1-61(2)58-26-9-8-24-57(58)60-56(25-13-27-59(60)61)46-34-36-53(37-35-46)62(55-23-12-21-51(41-55)49-19-10-18-48(38-49)42-14-4-3-5-15-42)54-22-11-20-50(40-54)44-28-30-45(31-29-44)52-33-32-43-16-6-7-17-47(43)39-52/h3-41H,1-2H3. The second-order valence-electron chi connectivity index (χ2n) is 17.0. The van der Waals surface area contributed by atoms with E-state index in [1.165, 1.54) is 88.7 Å². The van der Waals surface area contributed by atoms with Crippen molar-refractivity contribution in [3.8, 4) is 66.8 Å². The Morgan fingerprint density at radius 3 is 1.44 bits per heavy atom. The molecule has 1 aliphatic carbocycles. The molecule has 294 valence electrons. The molecule has 0 saturated carbocycles. The number of nitrogens with zero attached hydrogens (tertiary/aromatic N) is 1. The SMILES string of the molecule is CC1(C)c2ccccc2-c2c(-c3ccc(N(c4cccc(-c5ccc(-c6ccc7ccccc7c6)cc5)c4)c4cccc(-c5cccc(-c6ccccc6)c5)c4)cc3)cccc21. The highest BCUT2D eigenvalue weighted by Gasteiger charge is 2.36. The minimum Gasteiger partial charge on any atom is -0.310 e. The molecule has 10 aromatic carbocycles. The second kappa shape index (κ2) is 15.4. The molecule has 0 heterocycles. The summed E-state index contributed by atoms with van der Waals surface area (Å²) in [6.45, 7) is 4.70. The minimum absolute atomic E-state index is 0.0495. The summed E-state index contributed by atoms with van der Waals surface area (Å²) in [5.41, 5.74) is 20.7. The Labute approximate surface area is 364 Å². The summed E-state index contributed by atoms with van der Waals surface area (Å²) in [5, 5.41) is 2.51. The van der Waals surface area contributed by atoms with E-state index in [4.69, 9.17) is 0 Å². The Bertz CT molecular complexity index is 3250. The molecule has 1 aliphatic rings. The molecule has 0 radical (unpaired) electrons. The van der Waals surface area contributed by atoms with Crippen molar-refractivity contribution < 1.29 is 0 Å². The number of anilines is 3. The third kappa shape index (κ3) is 6.69. The maximum Gasteiger partial charge on any atom is 0.0467 e. The predicted octanol–water partition coefficient (Wildman–Crippen LogP) is 17.0. The zero-order valence-electron chi connectivity index (χ0n) is 35.0. The quantitative estimate of drug-likeness (QED) is 0.148. The van der Waals surface area contributed by atoms with Crippen LogP contribution in [0.15, 0.2) is 237 Å². The van der Waals surface area contributed by atoms with Gasteiger partial charge in [-0.2, -0.15) is 0 Å². The van der Waals surface area contributed by atoms with Crippen LogP contribution >= 0.6 is 0 Å². The van der Waals surface area contributed by atoms with Gasteiger partial charge in [-0.1, -0.05) is 202 Å². The summed E-state index contributed by atoms with van der Waals surface area (Å²) >= 11 is 0. The number of benzene rings is 10. The number of hydrogen-bond donors (Lipinski definition) is 0. The third-order valence-corrected chi connectivity index (χ3v) is 12.9. The van der Waals surface area contributed by atoms with E-state index < -0.39 is 0 Å². The van der Waals surface area contributed by atoms with Gasteiger partial charge in [0.1, 0.15) is 0 Å². The van der Waals surface area contributed by atoms with Crippen LogP contribution in [-0.2, 0) is 5.41 Å². The molecule has 0 aromatic heterocycles. The fourth-order valence-electron chi connectivity index (χ4n) is 9.61. The smallest absolute Gasteiger partial charge is 0.0467 e. The van der Waals surface area contributed by atoms with E-state index in [0.717, 1.165) is 17.1 Å². The largest absolute Gasteiger partial charge is 0.310 e. The van der Waals surface area contributed by atoms with Crippen LogP contribution < -0.4 is 4.90 Å². The van der Waals surface area contributed by atoms with Crippen molar-refractivity contribution >= 4 is 27.8 Å². The van der Waals surface area contributed by atoms with Crippen LogP contribution in [0.25, 0.3) is 77.5 Å². The molecule has 11 rings (SSSR count). The third-order valence-electron chi connectivity index (χ3n) is 12.9. The van der Waals surface area contributed by atoms with Gasteiger partial charge in [-0.05, 0) is 137 Å². The van der Waals surface area contributed by atoms with Crippen LogP contribution in [0, 0.1) is 0 Å². The van der Waals surface area contributed by atoms with Gasteiger partial charge in [0.05, 0.1) is 0 Å². The average molecular weight is 792 g/mol. The molecule has 0 unspecified atom stereocenters. The molecule has 0 amide bonds. The zero-order valence-corrected chi connectivity index (χ0v) is 35.0. The first-order valence-corrected chi connectivity index (χ1v) is 21.6. The van der Waals surface area contributed by atoms with Gasteiger partial charge < -0.3 is 4.90 Å². The van der Waals surface area contributed by atoms with E-state index in [2.05, 4.69) is 255 Å². The fraction of sp³-hybridized carbons (Fsp3) is 0.0492. The molecule has 0 spiro atoms. The fourth-order valence-corrected chi connectivity index (χ4v) is 9.61. The van der Waals surface area contributed by atoms with Crippen LogP contribution in [0.3, 0.4) is 0 Å². The van der Waals surface area contributed by atoms with Gasteiger partial charge in [-0.25, -0.2) is 0 Å². The Morgan fingerprint density at radius 1 is 0.274 bits per heavy atom. The summed E-state index contributed by atoms with van der Waals surface area (Å²) < 4.78 is 0. The van der Waals surface area contributed by atoms with E-state index in [1.54, 1.807) is 0 Å². The molecule has 10 aromatic rings. The van der Waals surface area contributed by atoms with E-state index in [0.29, 0.717) is 0 Å². The van der Waals surface area contributed by atoms with Gasteiger partial charge in [0.2, 0.25) is 0 Å². The Hall–Kier alpha value is -7.74. The molecule has 0 bridgehead atoms. The lowest BCUT2D eigenvalue weighted by Gasteiger charge is -2.27. The van der Waals surface area contributed by atoms with Crippen LogP contribution in [0.2, 0.25) is 0 Å². The first-order valence-electron chi connectivity index (χ1n) is 21.6. The molecule has 1 heteroatoms. The molecule has 0 N–H and O–H groups in total. The highest BCUT2D eigenvalue weighted by atomic mass is 15.1. The van der Waals surface area contributed by atoms with Crippen molar-refractivity contribution in [3.05, 3.63) is 248 Å². The normalized spacial score (nSPS) is 12.5. The van der Waals surface area contributed by atoms with E-state index in [-0.39, 0.29) is 5.41 Å². The van der Waals surface area contributed by atoms with E-state index in [1.807, 2.05) is 0 Å². The van der Waals surface area contributed by atoms with Crippen molar-refractivity contribution in [2.75, 3.05) is 4.90 Å². The summed E-state index contributed by atoms with van der Waals surface area (Å²) in [7, 11) is 0. The van der Waals surface area contributed by atoms with Gasteiger partial charge in [0.25, 0.3) is 0 Å². The van der Waals surface area contributed by atoms with Crippen LogP contribution in [-0.4, -0.2) is 0 Å². The van der Waals surface area contributed by atoms with Gasteiger partial charge in [-0.3, -0.25) is 0 Å². The van der Waals surface area contributed by atoms with Crippen LogP contribution in [0.5, 0.6) is 0 Å². The average Bonchev–Trinajstić information content (AvgIpc) is 3.58. The highest BCUT2D eigenvalue weighted by molar-refractivity contribution is 5.93. The van der Waals surface area contributed by atoms with Crippen LogP contribution in [0.4, 0.5) is 17.1 Å². The maximum atomic E-state index is 2.40. The minimum atomic E-state index is -0.0495. The molecule has 0 saturated heterocycles. The highest BCUT2D eigenvalue weighted by Crippen LogP contribution is 2.52. The topological polar surface area (TPSA) is 3.24 Å². The van der Waals surface area contributed by atoms with Gasteiger partial charge in [-0.15, -0.1) is 0 Å². The maximum absolute atomic E-state index is 2.40. The molecule has 0 aliphatic heterocycles. The molecular weight excluding hydrogens is 747 g/mol. The molecule has 0 atom stereocenters. The predicted molar refractivity (Wildman–Crippen MR) is 263 cm³/mol. The summed E-state index contributed by atoms with van der Waals surface area (Å²) in [5.74, 6) is 0. The first kappa shape index (κ1) is 37.3. The summed E-state index contributed by atoms with van der Waals surface area (Å²) in [6, 6.07) is 86.6. The van der Waals surface area contributed by atoms with Gasteiger partial charge in [0, 0.05) is 22.5 Å². The number of rotatable bonds is 8. The van der Waals surface area contributed by atoms with E-state index >= 15 is 0 Å². The van der Waals surface area contributed by atoms with E-state index in [9.17, 15) is 0 Å². The zero-order chi connectivity index (χ0) is 41.6. The van der Waals surface area contributed by atoms with Crippen LogP contribution in [0.1, 0.15) is 25.0 Å². The molecule has 62 heavy (non-hydrogen) atoms. The Balaban J connectivity index is 0.991. The molecule has 0 fully saturated rings. The lowest BCUT2D eigenvalue weighted by molar-refractivity contribution is 0.660. The molecule has 1 nitrogen and oxygen atoms in total. The van der Waals surface area contributed by atoms with Crippen molar-refractivity contribution in [1.82, 2.24) is 0 Å². The number of hydrogen-bond acceptors (Lipinski definition) is 1. The van der Waals surface area contributed by atoms with Crippen molar-refractivity contribution in [2.24, 2.45) is 0 Å². The van der Waals surface area contributed by atoms with Crippen molar-refractivity contribution in [2.45, 2.75) is 19.3 Å². The lowest BCUT2D eigenvalue weighted by atomic mass is 9.82.